The number of nitrogen functional groups attached to an aromatic ring is 1. The SMILES string of the molecule is Nc1ccccc1[C@@H](NS(=O)(=O)c1cccc([N+](=O)[O-])c1)c1ccccc1. The van der Waals surface area contributed by atoms with Crippen LogP contribution in [0.25, 0.3) is 0 Å². The minimum absolute atomic E-state index is 0.188. The second-order valence-electron chi connectivity index (χ2n) is 5.85. The number of nitrogens with two attached hydrogens (primary N) is 1. The number of rotatable bonds is 6. The van der Waals surface area contributed by atoms with Crippen LogP contribution < -0.4 is 10.5 Å². The molecule has 0 saturated carbocycles. The number of hydrogen-bond acceptors (Lipinski definition) is 5. The van der Waals surface area contributed by atoms with E-state index in [-0.39, 0.29) is 10.6 Å². The van der Waals surface area contributed by atoms with Gasteiger partial charge in [0.05, 0.1) is 15.9 Å². The van der Waals surface area contributed by atoms with Crippen molar-refractivity contribution in [2.24, 2.45) is 0 Å². The fraction of sp³-hybridized carbons (Fsp3) is 0.0526. The normalized spacial score (nSPS) is 12.4. The lowest BCUT2D eigenvalue weighted by molar-refractivity contribution is -0.385. The summed E-state index contributed by atoms with van der Waals surface area (Å²) in [6.07, 6.45) is 0. The van der Waals surface area contributed by atoms with E-state index in [0.717, 1.165) is 6.07 Å². The van der Waals surface area contributed by atoms with Gasteiger partial charge in [0.1, 0.15) is 0 Å². The Morgan fingerprint density at radius 2 is 1.59 bits per heavy atom. The fourth-order valence-corrected chi connectivity index (χ4v) is 3.96. The van der Waals surface area contributed by atoms with E-state index >= 15 is 0 Å². The van der Waals surface area contributed by atoms with Crippen LogP contribution in [0.4, 0.5) is 11.4 Å². The highest BCUT2D eigenvalue weighted by molar-refractivity contribution is 7.89. The van der Waals surface area contributed by atoms with Gasteiger partial charge in [-0.05, 0) is 23.3 Å². The molecule has 0 radical (unpaired) electrons. The molecule has 27 heavy (non-hydrogen) atoms. The van der Waals surface area contributed by atoms with Gasteiger partial charge in [-0.1, -0.05) is 54.6 Å². The third-order valence-electron chi connectivity index (χ3n) is 4.05. The van der Waals surface area contributed by atoms with Crippen LogP contribution in [0.3, 0.4) is 0 Å². The molecule has 0 spiro atoms. The smallest absolute Gasteiger partial charge is 0.270 e. The van der Waals surface area contributed by atoms with Gasteiger partial charge in [-0.25, -0.2) is 8.42 Å². The molecule has 8 heteroatoms. The number of nitrogens with zero attached hydrogens (tertiary/aromatic N) is 1. The Kier molecular flexibility index (Phi) is 5.20. The topological polar surface area (TPSA) is 115 Å². The minimum Gasteiger partial charge on any atom is -0.398 e. The maximum Gasteiger partial charge on any atom is 0.270 e. The van der Waals surface area contributed by atoms with E-state index in [1.807, 2.05) is 6.07 Å². The first-order valence-electron chi connectivity index (χ1n) is 8.04. The van der Waals surface area contributed by atoms with Crippen LogP contribution in [0.2, 0.25) is 0 Å². The Morgan fingerprint density at radius 3 is 2.26 bits per heavy atom. The zero-order valence-corrected chi connectivity index (χ0v) is 15.0. The van der Waals surface area contributed by atoms with E-state index in [4.69, 9.17) is 5.73 Å². The lowest BCUT2D eigenvalue weighted by Gasteiger charge is -2.21. The van der Waals surface area contributed by atoms with Gasteiger partial charge in [0.25, 0.3) is 5.69 Å². The van der Waals surface area contributed by atoms with Crippen molar-refractivity contribution in [2.45, 2.75) is 10.9 Å². The molecule has 0 aliphatic carbocycles. The van der Waals surface area contributed by atoms with Crippen LogP contribution in [0.1, 0.15) is 17.2 Å². The number of anilines is 1. The van der Waals surface area contributed by atoms with Crippen LogP contribution >= 0.6 is 0 Å². The van der Waals surface area contributed by atoms with Gasteiger partial charge in [0.2, 0.25) is 10.0 Å². The fourth-order valence-electron chi connectivity index (χ4n) is 2.72. The summed E-state index contributed by atoms with van der Waals surface area (Å²) in [6, 6.07) is 20.1. The van der Waals surface area contributed by atoms with E-state index in [2.05, 4.69) is 4.72 Å². The first-order chi connectivity index (χ1) is 12.9. The average molecular weight is 383 g/mol. The summed E-state index contributed by atoms with van der Waals surface area (Å²) in [5.41, 5.74) is 7.49. The van der Waals surface area contributed by atoms with E-state index in [1.165, 1.54) is 18.2 Å². The van der Waals surface area contributed by atoms with Gasteiger partial charge < -0.3 is 5.73 Å². The van der Waals surface area contributed by atoms with Crippen molar-refractivity contribution < 1.29 is 13.3 Å². The highest BCUT2D eigenvalue weighted by Gasteiger charge is 2.25. The average Bonchev–Trinajstić information content (AvgIpc) is 2.67. The predicted octanol–water partition coefficient (Wildman–Crippen LogP) is 3.24. The molecule has 0 bridgehead atoms. The zero-order chi connectivity index (χ0) is 19.4. The second-order valence-corrected chi connectivity index (χ2v) is 7.56. The van der Waals surface area contributed by atoms with E-state index in [0.29, 0.717) is 16.8 Å². The molecule has 0 aliphatic heterocycles. The number of sulfonamides is 1. The number of nitro benzene ring substituents is 1. The number of nitro groups is 1. The van der Waals surface area contributed by atoms with Crippen molar-refractivity contribution in [3.8, 4) is 0 Å². The van der Waals surface area contributed by atoms with Crippen LogP contribution in [0.5, 0.6) is 0 Å². The maximum atomic E-state index is 12.9. The van der Waals surface area contributed by atoms with Crippen LogP contribution in [0.15, 0.2) is 83.8 Å². The molecule has 3 aromatic rings. The molecule has 0 fully saturated rings. The Bertz CT molecular complexity index is 1070. The lowest BCUT2D eigenvalue weighted by Crippen LogP contribution is -2.30. The summed E-state index contributed by atoms with van der Waals surface area (Å²) in [4.78, 5) is 10.1. The van der Waals surface area contributed by atoms with Gasteiger partial charge in [-0.15, -0.1) is 0 Å². The number of hydrogen-bond donors (Lipinski definition) is 2. The maximum absolute atomic E-state index is 12.9. The number of benzene rings is 3. The van der Waals surface area contributed by atoms with Crippen molar-refractivity contribution >= 4 is 21.4 Å². The van der Waals surface area contributed by atoms with Gasteiger partial charge in [-0.2, -0.15) is 4.72 Å². The van der Waals surface area contributed by atoms with Crippen molar-refractivity contribution in [3.05, 3.63) is 100 Å². The van der Waals surface area contributed by atoms with Gasteiger partial charge in [-0.3, -0.25) is 10.1 Å². The number of para-hydroxylation sites is 1. The summed E-state index contributed by atoms with van der Waals surface area (Å²) in [5, 5.41) is 11.0. The van der Waals surface area contributed by atoms with Crippen molar-refractivity contribution in [3.63, 3.8) is 0 Å². The summed E-state index contributed by atoms with van der Waals surface area (Å²) in [6.45, 7) is 0. The molecule has 3 aromatic carbocycles. The molecular formula is C19H17N3O4S. The Balaban J connectivity index is 2.05. The van der Waals surface area contributed by atoms with E-state index in [9.17, 15) is 18.5 Å². The molecule has 7 nitrogen and oxygen atoms in total. The molecule has 0 amide bonds. The quantitative estimate of drug-likeness (QED) is 0.385. The second kappa shape index (κ2) is 7.56. The molecule has 0 heterocycles. The van der Waals surface area contributed by atoms with Gasteiger partial charge in [0, 0.05) is 17.8 Å². The van der Waals surface area contributed by atoms with Crippen molar-refractivity contribution in [1.82, 2.24) is 4.72 Å². The van der Waals surface area contributed by atoms with E-state index in [1.54, 1.807) is 48.5 Å². The molecular weight excluding hydrogens is 366 g/mol. The predicted molar refractivity (Wildman–Crippen MR) is 103 cm³/mol. The molecule has 0 aromatic heterocycles. The largest absolute Gasteiger partial charge is 0.398 e. The summed E-state index contributed by atoms with van der Waals surface area (Å²) in [5.74, 6) is 0. The van der Waals surface area contributed by atoms with Crippen LogP contribution in [-0.4, -0.2) is 13.3 Å². The summed E-state index contributed by atoms with van der Waals surface area (Å²) < 4.78 is 28.4. The summed E-state index contributed by atoms with van der Waals surface area (Å²) in [7, 11) is -4.04. The summed E-state index contributed by atoms with van der Waals surface area (Å²) >= 11 is 0. The van der Waals surface area contributed by atoms with E-state index < -0.39 is 21.0 Å². The first-order valence-corrected chi connectivity index (χ1v) is 9.53. The highest BCUT2D eigenvalue weighted by Crippen LogP contribution is 2.29. The molecule has 0 unspecified atom stereocenters. The molecule has 1 atom stereocenters. The molecule has 0 aliphatic rings. The first kappa shape index (κ1) is 18.6. The number of nitrogens with one attached hydrogen (secondary N) is 1. The standard InChI is InChI=1S/C19H17N3O4S/c20-18-12-5-4-11-17(18)19(14-7-2-1-3-8-14)21-27(25,26)16-10-6-9-15(13-16)22(23)24/h1-13,19,21H,20H2/t19-/m0/s1. The zero-order valence-electron chi connectivity index (χ0n) is 14.1. The molecule has 0 saturated heterocycles. The van der Waals surface area contributed by atoms with Crippen molar-refractivity contribution in [1.29, 1.82) is 0 Å². The van der Waals surface area contributed by atoms with Gasteiger partial charge >= 0.3 is 0 Å². The lowest BCUT2D eigenvalue weighted by atomic mass is 9.98. The Labute approximate surface area is 156 Å². The third kappa shape index (κ3) is 4.13. The highest BCUT2D eigenvalue weighted by atomic mass is 32.2. The van der Waals surface area contributed by atoms with Gasteiger partial charge in [0.15, 0.2) is 0 Å². The Morgan fingerprint density at radius 1 is 0.926 bits per heavy atom. The molecule has 138 valence electrons. The van der Waals surface area contributed by atoms with Crippen molar-refractivity contribution in [2.75, 3.05) is 5.73 Å². The third-order valence-corrected chi connectivity index (χ3v) is 5.47. The molecule has 3 rings (SSSR count). The number of non-ortho nitro benzene ring substituents is 1. The van der Waals surface area contributed by atoms with Crippen LogP contribution in [0, 0.1) is 10.1 Å². The minimum atomic E-state index is -4.04. The monoisotopic (exact) mass is 383 g/mol. The molecule has 3 N–H and O–H groups in total. The van der Waals surface area contributed by atoms with Crippen LogP contribution in [-0.2, 0) is 10.0 Å². The Hall–Kier alpha value is -3.23.